The molecule has 4 rings (SSSR count). The lowest BCUT2D eigenvalue weighted by molar-refractivity contribution is 0.0937. The standard InChI is InChI=1S/C19H16N4O3S/c1-11(18-21-12(2)23-26-18)20-17(24)16-15(13-7-4-3-5-8-13)22-19(27-16)14-9-6-10-25-14/h3-11H,1-2H3,(H,20,24)/t11-/m1/s1. The summed E-state index contributed by atoms with van der Waals surface area (Å²) in [6.07, 6.45) is 1.58. The minimum atomic E-state index is -0.420. The smallest absolute Gasteiger partial charge is 0.264 e. The molecule has 0 saturated heterocycles. The molecular weight excluding hydrogens is 364 g/mol. The largest absolute Gasteiger partial charge is 0.462 e. The van der Waals surface area contributed by atoms with E-state index < -0.39 is 6.04 Å². The number of aryl methyl sites for hydroxylation is 1. The Balaban J connectivity index is 1.69. The predicted octanol–water partition coefficient (Wildman–Crippen LogP) is 4.25. The van der Waals surface area contributed by atoms with E-state index in [2.05, 4.69) is 20.4 Å². The van der Waals surface area contributed by atoms with Gasteiger partial charge in [-0.25, -0.2) is 4.98 Å². The molecule has 0 unspecified atom stereocenters. The summed E-state index contributed by atoms with van der Waals surface area (Å²) in [4.78, 5) is 22.3. The van der Waals surface area contributed by atoms with Gasteiger partial charge in [0, 0.05) is 5.56 Å². The number of nitrogens with zero attached hydrogens (tertiary/aromatic N) is 3. The summed E-state index contributed by atoms with van der Waals surface area (Å²) in [6, 6.07) is 12.8. The summed E-state index contributed by atoms with van der Waals surface area (Å²) in [7, 11) is 0. The number of carbonyl (C=O) groups excluding carboxylic acids is 1. The highest BCUT2D eigenvalue weighted by Crippen LogP contribution is 2.34. The second kappa shape index (κ2) is 7.16. The van der Waals surface area contributed by atoms with Crippen LogP contribution in [0.4, 0.5) is 0 Å². The number of hydrogen-bond acceptors (Lipinski definition) is 7. The highest BCUT2D eigenvalue weighted by atomic mass is 32.1. The van der Waals surface area contributed by atoms with Gasteiger partial charge in [0.2, 0.25) is 5.89 Å². The van der Waals surface area contributed by atoms with Crippen LogP contribution in [-0.4, -0.2) is 21.0 Å². The highest BCUT2D eigenvalue weighted by molar-refractivity contribution is 7.17. The number of hydrogen-bond donors (Lipinski definition) is 1. The average molecular weight is 380 g/mol. The Morgan fingerprint density at radius 3 is 2.63 bits per heavy atom. The molecule has 27 heavy (non-hydrogen) atoms. The SMILES string of the molecule is Cc1noc([C@@H](C)NC(=O)c2sc(-c3ccco3)nc2-c2ccccc2)n1. The van der Waals surface area contributed by atoms with E-state index in [0.29, 0.717) is 33.1 Å². The third-order valence-electron chi connectivity index (χ3n) is 3.87. The van der Waals surface area contributed by atoms with Crippen LogP contribution in [0.3, 0.4) is 0 Å². The molecule has 0 spiro atoms. The van der Waals surface area contributed by atoms with Crippen LogP contribution in [0.1, 0.15) is 34.4 Å². The van der Waals surface area contributed by atoms with Crippen molar-refractivity contribution in [2.75, 3.05) is 0 Å². The first-order valence-electron chi connectivity index (χ1n) is 8.33. The number of nitrogens with one attached hydrogen (secondary N) is 1. The maximum Gasteiger partial charge on any atom is 0.264 e. The first kappa shape index (κ1) is 17.2. The second-order valence-electron chi connectivity index (χ2n) is 5.92. The van der Waals surface area contributed by atoms with Crippen LogP contribution in [0.5, 0.6) is 0 Å². The van der Waals surface area contributed by atoms with Crippen LogP contribution in [0, 0.1) is 6.92 Å². The van der Waals surface area contributed by atoms with E-state index >= 15 is 0 Å². The zero-order valence-electron chi connectivity index (χ0n) is 14.7. The zero-order chi connectivity index (χ0) is 18.8. The summed E-state index contributed by atoms with van der Waals surface area (Å²) in [6.45, 7) is 3.52. The fourth-order valence-electron chi connectivity index (χ4n) is 2.58. The van der Waals surface area contributed by atoms with Crippen LogP contribution in [0.15, 0.2) is 57.7 Å². The second-order valence-corrected chi connectivity index (χ2v) is 6.91. The van der Waals surface area contributed by atoms with Crippen molar-refractivity contribution in [1.29, 1.82) is 0 Å². The number of thiazole rings is 1. The molecule has 3 heterocycles. The van der Waals surface area contributed by atoms with Gasteiger partial charge in [0.1, 0.15) is 10.9 Å². The van der Waals surface area contributed by atoms with Crippen molar-refractivity contribution in [2.24, 2.45) is 0 Å². The molecule has 1 atom stereocenters. The lowest BCUT2D eigenvalue weighted by atomic mass is 10.1. The van der Waals surface area contributed by atoms with Crippen molar-refractivity contribution in [3.8, 4) is 22.0 Å². The number of aromatic nitrogens is 3. The summed E-state index contributed by atoms with van der Waals surface area (Å²) < 4.78 is 10.6. The number of furan rings is 1. The monoisotopic (exact) mass is 380 g/mol. The number of rotatable bonds is 5. The molecule has 7 nitrogen and oxygen atoms in total. The molecule has 0 saturated carbocycles. The van der Waals surface area contributed by atoms with Crippen LogP contribution in [0.25, 0.3) is 22.0 Å². The van der Waals surface area contributed by atoms with E-state index in [9.17, 15) is 4.79 Å². The molecule has 0 aliphatic heterocycles. The topological polar surface area (TPSA) is 94.1 Å². The molecule has 3 aromatic heterocycles. The van der Waals surface area contributed by atoms with Crippen LogP contribution >= 0.6 is 11.3 Å². The minimum Gasteiger partial charge on any atom is -0.462 e. The van der Waals surface area contributed by atoms with E-state index in [4.69, 9.17) is 8.94 Å². The van der Waals surface area contributed by atoms with Crippen LogP contribution < -0.4 is 5.32 Å². The maximum atomic E-state index is 13.0. The molecule has 0 radical (unpaired) electrons. The van der Waals surface area contributed by atoms with Gasteiger partial charge in [0.25, 0.3) is 5.91 Å². The summed E-state index contributed by atoms with van der Waals surface area (Å²) in [5.41, 5.74) is 1.47. The molecule has 1 N–H and O–H groups in total. The van der Waals surface area contributed by atoms with E-state index in [1.54, 1.807) is 26.2 Å². The molecule has 136 valence electrons. The summed E-state index contributed by atoms with van der Waals surface area (Å²) in [5, 5.41) is 7.30. The van der Waals surface area contributed by atoms with Crippen molar-refractivity contribution in [3.05, 3.63) is 65.3 Å². The Labute approximate surface area is 159 Å². The zero-order valence-corrected chi connectivity index (χ0v) is 15.5. The Kier molecular flexibility index (Phi) is 4.55. The first-order valence-corrected chi connectivity index (χ1v) is 9.14. The van der Waals surface area contributed by atoms with Gasteiger partial charge < -0.3 is 14.3 Å². The Morgan fingerprint density at radius 2 is 1.96 bits per heavy atom. The van der Waals surface area contributed by atoms with Crippen molar-refractivity contribution < 1.29 is 13.7 Å². The Morgan fingerprint density at radius 1 is 1.15 bits per heavy atom. The molecule has 0 fully saturated rings. The third kappa shape index (κ3) is 3.52. The molecule has 0 aliphatic carbocycles. The van der Waals surface area contributed by atoms with Crippen molar-refractivity contribution in [3.63, 3.8) is 0 Å². The average Bonchev–Trinajstić information content (AvgIpc) is 3.42. The van der Waals surface area contributed by atoms with Gasteiger partial charge in [0.15, 0.2) is 16.6 Å². The van der Waals surface area contributed by atoms with Crippen LogP contribution in [-0.2, 0) is 0 Å². The van der Waals surface area contributed by atoms with E-state index in [1.165, 1.54) is 11.3 Å². The molecule has 8 heteroatoms. The van der Waals surface area contributed by atoms with Gasteiger partial charge in [-0.05, 0) is 26.0 Å². The predicted molar refractivity (Wildman–Crippen MR) is 100 cm³/mol. The van der Waals surface area contributed by atoms with E-state index in [0.717, 1.165) is 5.56 Å². The lowest BCUT2D eigenvalue weighted by Crippen LogP contribution is -2.26. The van der Waals surface area contributed by atoms with Crippen molar-refractivity contribution in [2.45, 2.75) is 19.9 Å². The Hall–Kier alpha value is -3.26. The molecule has 1 aromatic carbocycles. The normalized spacial score (nSPS) is 12.1. The van der Waals surface area contributed by atoms with E-state index in [-0.39, 0.29) is 5.91 Å². The molecular formula is C19H16N4O3S. The molecule has 4 aromatic rings. The molecule has 0 bridgehead atoms. The quantitative estimate of drug-likeness (QED) is 0.556. The summed E-state index contributed by atoms with van der Waals surface area (Å²) >= 11 is 1.28. The fourth-order valence-corrected chi connectivity index (χ4v) is 3.54. The van der Waals surface area contributed by atoms with Gasteiger partial charge in [-0.2, -0.15) is 4.98 Å². The van der Waals surface area contributed by atoms with Gasteiger partial charge in [-0.15, -0.1) is 11.3 Å². The van der Waals surface area contributed by atoms with Crippen molar-refractivity contribution in [1.82, 2.24) is 20.4 Å². The van der Waals surface area contributed by atoms with E-state index in [1.807, 2.05) is 36.4 Å². The maximum absolute atomic E-state index is 13.0. The van der Waals surface area contributed by atoms with Crippen LogP contribution in [0.2, 0.25) is 0 Å². The van der Waals surface area contributed by atoms with Gasteiger partial charge in [-0.3, -0.25) is 4.79 Å². The van der Waals surface area contributed by atoms with Crippen molar-refractivity contribution >= 4 is 17.2 Å². The Bertz CT molecular complexity index is 1050. The van der Waals surface area contributed by atoms with Gasteiger partial charge in [0.05, 0.1) is 12.0 Å². The fraction of sp³-hybridized carbons (Fsp3) is 0.158. The highest BCUT2D eigenvalue weighted by Gasteiger charge is 2.24. The summed E-state index contributed by atoms with van der Waals surface area (Å²) in [5.74, 6) is 1.25. The number of carbonyl (C=O) groups is 1. The third-order valence-corrected chi connectivity index (χ3v) is 4.94. The van der Waals surface area contributed by atoms with Gasteiger partial charge >= 0.3 is 0 Å². The number of amides is 1. The minimum absolute atomic E-state index is 0.257. The lowest BCUT2D eigenvalue weighted by Gasteiger charge is -2.09. The number of benzene rings is 1. The molecule has 1 amide bonds. The first-order chi connectivity index (χ1) is 13.1. The van der Waals surface area contributed by atoms with Gasteiger partial charge in [-0.1, -0.05) is 35.5 Å². The molecule has 0 aliphatic rings.